The predicted molar refractivity (Wildman–Crippen MR) is 60.6 cm³/mol. The quantitative estimate of drug-likeness (QED) is 0.817. The molecule has 0 spiro atoms. The summed E-state index contributed by atoms with van der Waals surface area (Å²) in [5.41, 5.74) is -0.608. The molecule has 0 radical (unpaired) electrons. The van der Waals surface area contributed by atoms with E-state index in [4.69, 9.17) is 21.1 Å². The van der Waals surface area contributed by atoms with E-state index in [1.54, 1.807) is 18.7 Å². The first-order chi connectivity index (χ1) is 7.53. The maximum absolute atomic E-state index is 10.2. The minimum atomic E-state index is -1.16. The van der Waals surface area contributed by atoms with E-state index < -0.39 is 5.60 Å². The van der Waals surface area contributed by atoms with Crippen molar-refractivity contribution in [3.63, 3.8) is 0 Å². The topological polar surface area (TPSA) is 56.5 Å². The maximum Gasteiger partial charge on any atom is 0.128 e. The lowest BCUT2D eigenvalue weighted by molar-refractivity contribution is -0.0276. The van der Waals surface area contributed by atoms with Crippen LogP contribution < -0.4 is 0 Å². The molecule has 1 heterocycles. The number of ether oxygens (including phenoxy) is 2. The molecule has 5 nitrogen and oxygen atoms in total. The summed E-state index contributed by atoms with van der Waals surface area (Å²) in [7, 11) is 3.14. The molecule has 6 heteroatoms. The van der Waals surface area contributed by atoms with Gasteiger partial charge >= 0.3 is 0 Å². The molecule has 92 valence electrons. The fourth-order valence-corrected chi connectivity index (χ4v) is 1.94. The molecule has 0 bridgehead atoms. The highest BCUT2D eigenvalue weighted by atomic mass is 35.5. The maximum atomic E-state index is 10.2. The summed E-state index contributed by atoms with van der Waals surface area (Å²) in [6.45, 7) is 2.85. The van der Waals surface area contributed by atoms with E-state index in [0.29, 0.717) is 23.9 Å². The van der Waals surface area contributed by atoms with Crippen LogP contribution in [-0.2, 0) is 21.6 Å². The highest BCUT2D eigenvalue weighted by Crippen LogP contribution is 2.28. The summed E-state index contributed by atoms with van der Waals surface area (Å²) in [6, 6.07) is 0. The lowest BCUT2D eigenvalue weighted by Gasteiger charge is -2.24. The Hall–Kier alpha value is -0.620. The molecule has 0 aliphatic rings. The van der Waals surface area contributed by atoms with Crippen molar-refractivity contribution in [2.24, 2.45) is 0 Å². The minimum absolute atomic E-state index is 0.158. The van der Waals surface area contributed by atoms with Crippen molar-refractivity contribution >= 4 is 11.6 Å². The van der Waals surface area contributed by atoms with Gasteiger partial charge in [-0.05, 0) is 6.92 Å². The van der Waals surface area contributed by atoms with Crippen LogP contribution in [0.4, 0.5) is 0 Å². The zero-order chi connectivity index (χ0) is 12.2. The Labute approximate surface area is 99.9 Å². The van der Waals surface area contributed by atoms with Crippen molar-refractivity contribution in [2.75, 3.05) is 27.4 Å². The summed E-state index contributed by atoms with van der Waals surface area (Å²) in [4.78, 5) is 0. The summed E-state index contributed by atoms with van der Waals surface area (Å²) in [5, 5.41) is 14.7. The Kier molecular flexibility index (Phi) is 4.73. The summed E-state index contributed by atoms with van der Waals surface area (Å²) < 4.78 is 11.6. The lowest BCUT2D eigenvalue weighted by atomic mass is 10.0. The van der Waals surface area contributed by atoms with Crippen molar-refractivity contribution < 1.29 is 14.6 Å². The van der Waals surface area contributed by atoms with E-state index in [1.807, 2.05) is 0 Å². The largest absolute Gasteiger partial charge is 0.383 e. The van der Waals surface area contributed by atoms with Crippen LogP contribution in [0.2, 0.25) is 5.02 Å². The van der Waals surface area contributed by atoms with Crippen molar-refractivity contribution in [1.82, 2.24) is 9.78 Å². The summed E-state index contributed by atoms with van der Waals surface area (Å²) in [5.74, 6) is 0. The minimum Gasteiger partial charge on any atom is -0.383 e. The highest BCUT2D eigenvalue weighted by Gasteiger charge is 2.30. The van der Waals surface area contributed by atoms with Crippen LogP contribution in [0.3, 0.4) is 0 Å². The zero-order valence-corrected chi connectivity index (χ0v) is 10.5. The normalized spacial score (nSPS) is 15.1. The number of halogens is 1. The van der Waals surface area contributed by atoms with Crippen LogP contribution in [0.15, 0.2) is 6.20 Å². The first-order valence-electron chi connectivity index (χ1n) is 4.95. The number of nitrogens with zero attached hydrogens (tertiary/aromatic N) is 2. The van der Waals surface area contributed by atoms with Gasteiger partial charge in [0.05, 0.1) is 36.7 Å². The number of aromatic nitrogens is 2. The van der Waals surface area contributed by atoms with E-state index in [-0.39, 0.29) is 6.61 Å². The van der Waals surface area contributed by atoms with E-state index in [1.165, 1.54) is 13.3 Å². The second-order valence-corrected chi connectivity index (χ2v) is 4.17. The highest BCUT2D eigenvalue weighted by molar-refractivity contribution is 6.31. The fraction of sp³-hybridized carbons (Fsp3) is 0.700. The van der Waals surface area contributed by atoms with Crippen LogP contribution in [0.25, 0.3) is 0 Å². The SMILES string of the molecule is COCCn1ncc(Cl)c1C(C)(O)COC. The average molecular weight is 249 g/mol. The molecule has 0 saturated carbocycles. The van der Waals surface area contributed by atoms with E-state index >= 15 is 0 Å². The predicted octanol–water partition coefficient (Wildman–Crippen LogP) is 1.04. The van der Waals surface area contributed by atoms with Crippen LogP contribution in [0.1, 0.15) is 12.6 Å². The number of hydrogen-bond acceptors (Lipinski definition) is 4. The molecule has 0 fully saturated rings. The molecule has 16 heavy (non-hydrogen) atoms. The van der Waals surface area contributed by atoms with Gasteiger partial charge in [-0.3, -0.25) is 4.68 Å². The third-order valence-corrected chi connectivity index (χ3v) is 2.51. The Morgan fingerprint density at radius 1 is 1.50 bits per heavy atom. The third-order valence-electron chi connectivity index (χ3n) is 2.24. The number of hydrogen-bond donors (Lipinski definition) is 1. The van der Waals surface area contributed by atoms with Gasteiger partial charge in [0.15, 0.2) is 0 Å². The average Bonchev–Trinajstić information content (AvgIpc) is 2.57. The second-order valence-electron chi connectivity index (χ2n) is 3.76. The Balaban J connectivity index is 2.96. The standard InChI is InChI=1S/C10H17ClN2O3/c1-10(14,7-16-3)9-8(11)6-12-13(9)4-5-15-2/h6,14H,4-5,7H2,1-3H3. The van der Waals surface area contributed by atoms with Gasteiger partial charge < -0.3 is 14.6 Å². The molecule has 1 unspecified atom stereocenters. The Bertz CT molecular complexity index is 339. The third kappa shape index (κ3) is 2.95. The van der Waals surface area contributed by atoms with E-state index in [9.17, 15) is 5.11 Å². The Morgan fingerprint density at radius 2 is 2.19 bits per heavy atom. The van der Waals surface area contributed by atoms with Crippen molar-refractivity contribution in [2.45, 2.75) is 19.1 Å². The molecule has 1 rings (SSSR count). The zero-order valence-electron chi connectivity index (χ0n) is 9.73. The molecule has 1 aromatic rings. The van der Waals surface area contributed by atoms with Gasteiger partial charge in [-0.2, -0.15) is 5.10 Å². The van der Waals surface area contributed by atoms with Gasteiger partial charge in [0.25, 0.3) is 0 Å². The molecule has 1 aromatic heterocycles. The van der Waals surface area contributed by atoms with E-state index in [0.717, 1.165) is 0 Å². The van der Waals surface area contributed by atoms with Gasteiger partial charge in [-0.15, -0.1) is 0 Å². The first-order valence-corrected chi connectivity index (χ1v) is 5.32. The number of aliphatic hydroxyl groups is 1. The molecular formula is C10H17ClN2O3. The van der Waals surface area contributed by atoms with E-state index in [2.05, 4.69) is 5.10 Å². The van der Waals surface area contributed by atoms with Crippen molar-refractivity contribution in [3.8, 4) is 0 Å². The van der Waals surface area contributed by atoms with Crippen LogP contribution in [-0.4, -0.2) is 42.3 Å². The van der Waals surface area contributed by atoms with Gasteiger partial charge in [0.2, 0.25) is 0 Å². The molecular weight excluding hydrogens is 232 g/mol. The molecule has 0 aliphatic heterocycles. The summed E-state index contributed by atoms with van der Waals surface area (Å²) >= 11 is 6.00. The van der Waals surface area contributed by atoms with Crippen molar-refractivity contribution in [1.29, 1.82) is 0 Å². The van der Waals surface area contributed by atoms with Gasteiger partial charge in [-0.1, -0.05) is 11.6 Å². The smallest absolute Gasteiger partial charge is 0.128 e. The van der Waals surface area contributed by atoms with Gasteiger partial charge in [0.1, 0.15) is 5.60 Å². The monoisotopic (exact) mass is 248 g/mol. The summed E-state index contributed by atoms with van der Waals surface area (Å²) in [6.07, 6.45) is 1.51. The first kappa shape index (κ1) is 13.4. The number of methoxy groups -OCH3 is 2. The molecule has 0 aliphatic carbocycles. The Morgan fingerprint density at radius 3 is 2.75 bits per heavy atom. The molecule has 0 saturated heterocycles. The fourth-order valence-electron chi connectivity index (χ4n) is 1.59. The van der Waals surface area contributed by atoms with Crippen LogP contribution in [0, 0.1) is 0 Å². The van der Waals surface area contributed by atoms with Crippen molar-refractivity contribution in [3.05, 3.63) is 16.9 Å². The molecule has 0 amide bonds. The van der Waals surface area contributed by atoms with Gasteiger partial charge in [-0.25, -0.2) is 0 Å². The molecule has 1 atom stereocenters. The lowest BCUT2D eigenvalue weighted by Crippen LogP contribution is -2.31. The van der Waals surface area contributed by atoms with Crippen LogP contribution >= 0.6 is 11.6 Å². The van der Waals surface area contributed by atoms with Crippen LogP contribution in [0.5, 0.6) is 0 Å². The molecule has 0 aromatic carbocycles. The second kappa shape index (κ2) is 5.63. The van der Waals surface area contributed by atoms with Gasteiger partial charge in [0, 0.05) is 14.2 Å². The molecule has 1 N–H and O–H groups in total. The number of rotatable bonds is 6.